The average Bonchev–Trinajstić information content (AvgIpc) is 3.10. The van der Waals surface area contributed by atoms with Crippen molar-refractivity contribution in [2.75, 3.05) is 19.7 Å². The van der Waals surface area contributed by atoms with Gasteiger partial charge in [0.2, 0.25) is 0 Å². The molecule has 0 spiro atoms. The van der Waals surface area contributed by atoms with Crippen LogP contribution in [0, 0.1) is 5.82 Å². The minimum atomic E-state index is -0.384. The van der Waals surface area contributed by atoms with Gasteiger partial charge in [-0.1, -0.05) is 6.07 Å². The van der Waals surface area contributed by atoms with Crippen molar-refractivity contribution in [2.24, 2.45) is 0 Å². The molecule has 3 aromatic rings. The molecule has 1 saturated heterocycles. The number of halogens is 1. The maximum atomic E-state index is 13.1. The van der Waals surface area contributed by atoms with E-state index in [1.165, 1.54) is 12.1 Å². The molecule has 0 aliphatic carbocycles. The van der Waals surface area contributed by atoms with Crippen molar-refractivity contribution in [3.8, 4) is 5.75 Å². The minimum Gasteiger partial charge on any atom is -0.484 e. The zero-order chi connectivity index (χ0) is 17.9. The summed E-state index contributed by atoms with van der Waals surface area (Å²) in [6.45, 7) is 1.18. The van der Waals surface area contributed by atoms with Crippen molar-refractivity contribution >= 4 is 17.1 Å². The number of aromatic amines is 1. The van der Waals surface area contributed by atoms with Crippen molar-refractivity contribution in [1.82, 2.24) is 25.1 Å². The van der Waals surface area contributed by atoms with Crippen LogP contribution in [0.2, 0.25) is 0 Å². The molecule has 0 saturated carbocycles. The topological polar surface area (TPSA) is 84.0 Å². The highest BCUT2D eigenvalue weighted by molar-refractivity contribution is 5.78. The summed E-state index contributed by atoms with van der Waals surface area (Å²) in [4.78, 5) is 22.6. The van der Waals surface area contributed by atoms with Crippen LogP contribution in [0.5, 0.6) is 5.75 Å². The van der Waals surface area contributed by atoms with E-state index in [1.807, 2.05) is 0 Å². The number of rotatable bonds is 4. The van der Waals surface area contributed by atoms with Gasteiger partial charge in [-0.15, -0.1) is 0 Å². The SMILES string of the molecule is O=C(COc1cccc(F)c1)N1CCC(c2[nH]nc3nccnc23)CC1. The first-order chi connectivity index (χ1) is 12.7. The van der Waals surface area contributed by atoms with E-state index in [0.29, 0.717) is 24.5 Å². The number of fused-ring (bicyclic) bond motifs is 1. The van der Waals surface area contributed by atoms with Crippen LogP contribution >= 0.6 is 0 Å². The second-order valence-corrected chi connectivity index (χ2v) is 6.27. The smallest absolute Gasteiger partial charge is 0.260 e. The van der Waals surface area contributed by atoms with E-state index in [2.05, 4.69) is 20.2 Å². The molecule has 8 heteroatoms. The molecule has 1 aromatic carbocycles. The molecule has 0 unspecified atom stereocenters. The molecule has 1 aliphatic heterocycles. The third-order valence-corrected chi connectivity index (χ3v) is 4.63. The highest BCUT2D eigenvalue weighted by Gasteiger charge is 2.26. The first-order valence-electron chi connectivity index (χ1n) is 8.52. The van der Waals surface area contributed by atoms with Gasteiger partial charge in [0.25, 0.3) is 5.91 Å². The van der Waals surface area contributed by atoms with E-state index < -0.39 is 0 Å². The number of H-pyrrole nitrogens is 1. The largest absolute Gasteiger partial charge is 0.484 e. The molecule has 1 aliphatic rings. The zero-order valence-electron chi connectivity index (χ0n) is 14.1. The van der Waals surface area contributed by atoms with Crippen LogP contribution < -0.4 is 4.74 Å². The van der Waals surface area contributed by atoms with E-state index in [1.54, 1.807) is 29.4 Å². The molecule has 0 radical (unpaired) electrons. The highest BCUT2D eigenvalue weighted by Crippen LogP contribution is 2.30. The van der Waals surface area contributed by atoms with Gasteiger partial charge in [-0.25, -0.2) is 14.4 Å². The van der Waals surface area contributed by atoms with Crippen molar-refractivity contribution in [3.63, 3.8) is 0 Å². The quantitative estimate of drug-likeness (QED) is 0.776. The lowest BCUT2D eigenvalue weighted by Gasteiger charge is -2.31. The van der Waals surface area contributed by atoms with Crippen LogP contribution in [0.1, 0.15) is 24.5 Å². The summed E-state index contributed by atoms with van der Waals surface area (Å²) >= 11 is 0. The number of nitrogens with zero attached hydrogens (tertiary/aromatic N) is 4. The number of ether oxygens (including phenoxy) is 1. The number of likely N-dealkylation sites (tertiary alicyclic amines) is 1. The fourth-order valence-electron chi connectivity index (χ4n) is 3.26. The molecule has 4 rings (SSSR count). The van der Waals surface area contributed by atoms with Gasteiger partial charge in [-0.05, 0) is 25.0 Å². The van der Waals surface area contributed by atoms with Gasteiger partial charge in [-0.2, -0.15) is 5.10 Å². The van der Waals surface area contributed by atoms with Crippen LogP contribution in [0.3, 0.4) is 0 Å². The maximum Gasteiger partial charge on any atom is 0.260 e. The molecule has 2 aromatic heterocycles. The molecule has 0 atom stereocenters. The Hall–Kier alpha value is -3.03. The summed E-state index contributed by atoms with van der Waals surface area (Å²) in [7, 11) is 0. The Balaban J connectivity index is 1.33. The van der Waals surface area contributed by atoms with Crippen LogP contribution in [0.4, 0.5) is 4.39 Å². The van der Waals surface area contributed by atoms with Gasteiger partial charge < -0.3 is 9.64 Å². The predicted octanol–water partition coefficient (Wildman–Crippen LogP) is 2.28. The lowest BCUT2D eigenvalue weighted by Crippen LogP contribution is -2.40. The number of aromatic nitrogens is 4. The predicted molar refractivity (Wildman–Crippen MR) is 92.1 cm³/mol. The fourth-order valence-corrected chi connectivity index (χ4v) is 3.26. The Labute approximate surface area is 149 Å². The molecule has 0 bridgehead atoms. The first-order valence-corrected chi connectivity index (χ1v) is 8.52. The molecular formula is C18H18FN5O2. The molecular weight excluding hydrogens is 337 g/mol. The normalized spacial score (nSPS) is 15.3. The average molecular weight is 355 g/mol. The summed E-state index contributed by atoms with van der Waals surface area (Å²) < 4.78 is 18.5. The second-order valence-electron chi connectivity index (χ2n) is 6.27. The van der Waals surface area contributed by atoms with Crippen LogP contribution in [0.25, 0.3) is 11.2 Å². The number of carbonyl (C=O) groups excluding carboxylic acids is 1. The summed E-state index contributed by atoms with van der Waals surface area (Å²) in [6, 6.07) is 5.79. The fraction of sp³-hybridized carbons (Fsp3) is 0.333. The van der Waals surface area contributed by atoms with Gasteiger partial charge in [0, 0.05) is 37.5 Å². The molecule has 134 valence electrons. The molecule has 3 heterocycles. The molecule has 1 amide bonds. The van der Waals surface area contributed by atoms with Crippen molar-refractivity contribution in [1.29, 1.82) is 0 Å². The number of hydrogen-bond acceptors (Lipinski definition) is 5. The van der Waals surface area contributed by atoms with Crippen molar-refractivity contribution < 1.29 is 13.9 Å². The first kappa shape index (κ1) is 16.4. The highest BCUT2D eigenvalue weighted by atomic mass is 19.1. The van der Waals surface area contributed by atoms with Gasteiger partial charge >= 0.3 is 0 Å². The molecule has 7 nitrogen and oxygen atoms in total. The van der Waals surface area contributed by atoms with E-state index >= 15 is 0 Å². The number of nitrogens with one attached hydrogen (secondary N) is 1. The standard InChI is InChI=1S/C18H18FN5O2/c19-13-2-1-3-14(10-13)26-11-15(25)24-8-4-12(5-9-24)16-17-18(23-22-16)21-7-6-20-17/h1-3,6-7,10,12H,4-5,8-9,11H2,(H,21,22,23). The van der Waals surface area contributed by atoms with Gasteiger partial charge in [0.05, 0.1) is 5.69 Å². The van der Waals surface area contributed by atoms with Crippen LogP contribution in [-0.4, -0.2) is 50.7 Å². The second kappa shape index (κ2) is 7.07. The molecule has 1 N–H and O–H groups in total. The number of piperidine rings is 1. The number of hydrogen-bond donors (Lipinski definition) is 1. The van der Waals surface area contributed by atoms with Crippen LogP contribution in [0.15, 0.2) is 36.7 Å². The minimum absolute atomic E-state index is 0.0907. The Bertz CT molecular complexity index is 921. The number of amides is 1. The van der Waals surface area contributed by atoms with Gasteiger partial charge in [0.15, 0.2) is 12.3 Å². The van der Waals surface area contributed by atoms with Gasteiger partial charge in [-0.3, -0.25) is 9.89 Å². The summed E-state index contributed by atoms with van der Waals surface area (Å²) in [5.41, 5.74) is 2.40. The van der Waals surface area contributed by atoms with Crippen molar-refractivity contribution in [3.05, 3.63) is 48.2 Å². The Morgan fingerprint density at radius 2 is 2.08 bits per heavy atom. The number of benzene rings is 1. The molecule has 26 heavy (non-hydrogen) atoms. The van der Waals surface area contributed by atoms with E-state index in [9.17, 15) is 9.18 Å². The third-order valence-electron chi connectivity index (χ3n) is 4.63. The van der Waals surface area contributed by atoms with Crippen molar-refractivity contribution in [2.45, 2.75) is 18.8 Å². The summed E-state index contributed by atoms with van der Waals surface area (Å²) in [5, 5.41) is 7.23. The third kappa shape index (κ3) is 3.35. The zero-order valence-corrected chi connectivity index (χ0v) is 14.1. The number of carbonyl (C=O) groups is 1. The van der Waals surface area contributed by atoms with Gasteiger partial charge in [0.1, 0.15) is 17.1 Å². The Morgan fingerprint density at radius 1 is 1.27 bits per heavy atom. The summed E-state index contributed by atoms with van der Waals surface area (Å²) in [6.07, 6.45) is 4.91. The summed E-state index contributed by atoms with van der Waals surface area (Å²) in [5.74, 6) is 0.147. The van der Waals surface area contributed by atoms with E-state index in [-0.39, 0.29) is 24.2 Å². The van der Waals surface area contributed by atoms with E-state index in [4.69, 9.17) is 4.74 Å². The monoisotopic (exact) mass is 355 g/mol. The Kier molecular flexibility index (Phi) is 4.47. The Morgan fingerprint density at radius 3 is 2.88 bits per heavy atom. The maximum absolute atomic E-state index is 13.1. The van der Waals surface area contributed by atoms with E-state index in [0.717, 1.165) is 24.1 Å². The molecule has 1 fully saturated rings. The van der Waals surface area contributed by atoms with Crippen LogP contribution in [-0.2, 0) is 4.79 Å². The lowest BCUT2D eigenvalue weighted by atomic mass is 9.93. The lowest BCUT2D eigenvalue weighted by molar-refractivity contribution is -0.134.